The molecule has 0 aliphatic rings. The largest absolute Gasteiger partial charge is 0.508 e. The predicted molar refractivity (Wildman–Crippen MR) is 79.0 cm³/mol. The van der Waals surface area contributed by atoms with E-state index in [1.165, 1.54) is 14.2 Å². The van der Waals surface area contributed by atoms with Gasteiger partial charge in [-0.25, -0.2) is 0 Å². The maximum absolute atomic E-state index is 12.3. The molecule has 0 fully saturated rings. The van der Waals surface area contributed by atoms with Crippen LogP contribution in [0.3, 0.4) is 0 Å². The second-order valence-electron chi connectivity index (χ2n) is 4.64. The highest BCUT2D eigenvalue weighted by Crippen LogP contribution is 2.34. The number of hydrogen-bond donors (Lipinski definition) is 3. The first-order chi connectivity index (χ1) is 10.5. The lowest BCUT2D eigenvalue weighted by molar-refractivity contribution is 0.0986. The maximum Gasteiger partial charge on any atom is 0.174 e. The fraction of sp³-hybridized carbons (Fsp3) is 0.188. The number of hydrogen-bond acceptors (Lipinski definition) is 6. The van der Waals surface area contributed by atoms with E-state index in [0.717, 1.165) is 12.1 Å². The normalized spacial score (nSPS) is 10.3. The number of aromatic hydroxyl groups is 3. The van der Waals surface area contributed by atoms with Crippen molar-refractivity contribution >= 4 is 5.78 Å². The second-order valence-corrected chi connectivity index (χ2v) is 4.64. The molecule has 6 heteroatoms. The van der Waals surface area contributed by atoms with E-state index in [0.29, 0.717) is 17.1 Å². The van der Waals surface area contributed by atoms with Gasteiger partial charge in [-0.15, -0.1) is 0 Å². The number of methoxy groups -OCH3 is 2. The van der Waals surface area contributed by atoms with E-state index in [1.54, 1.807) is 18.2 Å². The van der Waals surface area contributed by atoms with Crippen LogP contribution < -0.4 is 9.47 Å². The van der Waals surface area contributed by atoms with Gasteiger partial charge in [-0.1, -0.05) is 0 Å². The standard InChI is InChI=1S/C16H16O6/c1-21-11-3-4-15(22-2)9(5-11)6-12(18)16-13(19)7-10(17)8-14(16)20/h3-5,7-8,17,19-20H,6H2,1-2H3. The van der Waals surface area contributed by atoms with Crippen molar-refractivity contribution in [1.82, 2.24) is 0 Å². The lowest BCUT2D eigenvalue weighted by Crippen LogP contribution is -2.06. The molecule has 0 spiro atoms. The second kappa shape index (κ2) is 6.26. The molecule has 0 heterocycles. The van der Waals surface area contributed by atoms with Crippen LogP contribution in [0.4, 0.5) is 0 Å². The van der Waals surface area contributed by atoms with E-state index in [-0.39, 0.29) is 17.7 Å². The monoisotopic (exact) mass is 304 g/mol. The molecule has 3 N–H and O–H groups in total. The highest BCUT2D eigenvalue weighted by atomic mass is 16.5. The summed E-state index contributed by atoms with van der Waals surface area (Å²) in [7, 11) is 2.98. The van der Waals surface area contributed by atoms with Crippen molar-refractivity contribution < 1.29 is 29.6 Å². The van der Waals surface area contributed by atoms with Crippen LogP contribution in [-0.2, 0) is 6.42 Å². The van der Waals surface area contributed by atoms with Crippen molar-refractivity contribution in [1.29, 1.82) is 0 Å². The number of phenolic OH excluding ortho intramolecular Hbond substituents is 3. The molecule has 2 aromatic rings. The van der Waals surface area contributed by atoms with E-state index in [1.807, 2.05) is 0 Å². The zero-order valence-corrected chi connectivity index (χ0v) is 12.2. The van der Waals surface area contributed by atoms with Crippen LogP contribution in [0.1, 0.15) is 15.9 Å². The number of ketones is 1. The van der Waals surface area contributed by atoms with Gasteiger partial charge in [0.15, 0.2) is 5.78 Å². The van der Waals surface area contributed by atoms with Gasteiger partial charge in [-0.05, 0) is 18.2 Å². The number of benzene rings is 2. The van der Waals surface area contributed by atoms with E-state index in [4.69, 9.17) is 9.47 Å². The number of rotatable bonds is 5. The number of ether oxygens (including phenoxy) is 2. The molecule has 0 bridgehead atoms. The Hall–Kier alpha value is -2.89. The van der Waals surface area contributed by atoms with Crippen LogP contribution in [0, 0.1) is 0 Å². The molecule has 0 atom stereocenters. The van der Waals surface area contributed by atoms with Crippen molar-refractivity contribution in [3.05, 3.63) is 41.5 Å². The van der Waals surface area contributed by atoms with Crippen LogP contribution in [0.5, 0.6) is 28.7 Å². The topological polar surface area (TPSA) is 96.2 Å². The smallest absolute Gasteiger partial charge is 0.174 e. The molecule has 0 aliphatic heterocycles. The molecule has 0 saturated heterocycles. The average Bonchev–Trinajstić information content (AvgIpc) is 2.46. The third-order valence-corrected chi connectivity index (χ3v) is 3.20. The maximum atomic E-state index is 12.3. The number of carbonyl (C=O) groups is 1. The SMILES string of the molecule is COc1ccc(OC)c(CC(=O)c2c(O)cc(O)cc2O)c1. The summed E-state index contributed by atoms with van der Waals surface area (Å²) in [6.45, 7) is 0. The molecule has 0 aromatic heterocycles. The Balaban J connectivity index is 2.37. The predicted octanol–water partition coefficient (Wildman–Crippen LogP) is 2.25. The quantitative estimate of drug-likeness (QED) is 0.733. The van der Waals surface area contributed by atoms with Gasteiger partial charge >= 0.3 is 0 Å². The van der Waals surface area contributed by atoms with Gasteiger partial charge in [0.1, 0.15) is 34.3 Å². The number of carbonyl (C=O) groups excluding carboxylic acids is 1. The minimum Gasteiger partial charge on any atom is -0.508 e. The van der Waals surface area contributed by atoms with Gasteiger partial charge in [0.2, 0.25) is 0 Å². The van der Waals surface area contributed by atoms with Crippen molar-refractivity contribution in [2.45, 2.75) is 6.42 Å². The summed E-state index contributed by atoms with van der Waals surface area (Å²) in [5, 5.41) is 28.8. The lowest BCUT2D eigenvalue weighted by Gasteiger charge is -2.11. The van der Waals surface area contributed by atoms with Gasteiger partial charge in [0, 0.05) is 24.1 Å². The minimum absolute atomic E-state index is 0.105. The Labute approximate surface area is 127 Å². The Morgan fingerprint density at radius 2 is 1.64 bits per heavy atom. The van der Waals surface area contributed by atoms with Crippen LogP contribution in [0.15, 0.2) is 30.3 Å². The summed E-state index contributed by atoms with van der Waals surface area (Å²) in [6.07, 6.45) is -0.105. The van der Waals surface area contributed by atoms with Gasteiger partial charge in [0.25, 0.3) is 0 Å². The first kappa shape index (κ1) is 15.5. The van der Waals surface area contributed by atoms with Crippen molar-refractivity contribution in [3.63, 3.8) is 0 Å². The average molecular weight is 304 g/mol. The van der Waals surface area contributed by atoms with Crippen LogP contribution >= 0.6 is 0 Å². The van der Waals surface area contributed by atoms with Crippen molar-refractivity contribution in [3.8, 4) is 28.7 Å². The molecule has 2 aromatic carbocycles. The molecule has 0 saturated carbocycles. The zero-order chi connectivity index (χ0) is 16.3. The first-order valence-electron chi connectivity index (χ1n) is 6.45. The van der Waals surface area contributed by atoms with Gasteiger partial charge in [-0.2, -0.15) is 0 Å². The van der Waals surface area contributed by atoms with Crippen molar-refractivity contribution in [2.75, 3.05) is 14.2 Å². The summed E-state index contributed by atoms with van der Waals surface area (Å²) in [5.41, 5.74) is 0.307. The van der Waals surface area contributed by atoms with E-state index in [2.05, 4.69) is 0 Å². The molecule has 6 nitrogen and oxygen atoms in total. The van der Waals surface area contributed by atoms with E-state index >= 15 is 0 Å². The van der Waals surface area contributed by atoms with Gasteiger partial charge < -0.3 is 24.8 Å². The van der Waals surface area contributed by atoms with E-state index < -0.39 is 17.3 Å². The Morgan fingerprint density at radius 1 is 1.00 bits per heavy atom. The van der Waals surface area contributed by atoms with Gasteiger partial charge in [0.05, 0.1) is 14.2 Å². The molecule has 0 aliphatic carbocycles. The Kier molecular flexibility index (Phi) is 4.41. The molecular formula is C16H16O6. The highest BCUT2D eigenvalue weighted by molar-refractivity contribution is 6.02. The van der Waals surface area contributed by atoms with Crippen LogP contribution in [0.25, 0.3) is 0 Å². The van der Waals surface area contributed by atoms with Crippen LogP contribution in [-0.4, -0.2) is 35.3 Å². The minimum atomic E-state index is -0.512. The summed E-state index contributed by atoms with van der Waals surface area (Å²) in [4.78, 5) is 12.3. The lowest BCUT2D eigenvalue weighted by atomic mass is 10.00. The third kappa shape index (κ3) is 3.06. The Morgan fingerprint density at radius 3 is 2.18 bits per heavy atom. The van der Waals surface area contributed by atoms with E-state index in [9.17, 15) is 20.1 Å². The summed E-state index contributed by atoms with van der Waals surface area (Å²) < 4.78 is 10.3. The molecule has 0 unspecified atom stereocenters. The summed E-state index contributed by atoms with van der Waals surface area (Å²) in [5.74, 6) is -0.754. The molecule has 0 amide bonds. The molecule has 0 radical (unpaired) electrons. The Bertz CT molecular complexity index is 685. The molecule has 22 heavy (non-hydrogen) atoms. The first-order valence-corrected chi connectivity index (χ1v) is 6.45. The third-order valence-electron chi connectivity index (χ3n) is 3.20. The van der Waals surface area contributed by atoms with Crippen LogP contribution in [0.2, 0.25) is 0 Å². The number of Topliss-reactive ketones (excluding diaryl/α,β-unsaturated/α-hetero) is 1. The van der Waals surface area contributed by atoms with Gasteiger partial charge in [-0.3, -0.25) is 4.79 Å². The molecular weight excluding hydrogens is 288 g/mol. The molecule has 2 rings (SSSR count). The fourth-order valence-electron chi connectivity index (χ4n) is 2.16. The highest BCUT2D eigenvalue weighted by Gasteiger charge is 2.20. The fourth-order valence-corrected chi connectivity index (χ4v) is 2.16. The van der Waals surface area contributed by atoms with Crippen molar-refractivity contribution in [2.24, 2.45) is 0 Å². The zero-order valence-electron chi connectivity index (χ0n) is 12.2. The molecule has 116 valence electrons. The number of phenols is 3. The summed E-state index contributed by atoms with van der Waals surface area (Å²) in [6, 6.07) is 7.00. The summed E-state index contributed by atoms with van der Waals surface area (Å²) >= 11 is 0.